The van der Waals surface area contributed by atoms with Crippen molar-refractivity contribution in [1.29, 1.82) is 0 Å². The van der Waals surface area contributed by atoms with Crippen molar-refractivity contribution < 1.29 is 0 Å². The predicted octanol–water partition coefficient (Wildman–Crippen LogP) is 3.36. The van der Waals surface area contributed by atoms with E-state index in [1.165, 1.54) is 13.6 Å². The molecule has 1 rings (SSSR count). The summed E-state index contributed by atoms with van der Waals surface area (Å²) in [5, 5.41) is 0. The Kier molecular flexibility index (Phi) is 2.52. The Hall–Kier alpha value is 0.430. The van der Waals surface area contributed by atoms with Crippen LogP contribution in [0.1, 0.15) is 5.56 Å². The molecule has 0 aliphatic carbocycles. The van der Waals surface area contributed by atoms with E-state index in [0.29, 0.717) is 0 Å². The van der Waals surface area contributed by atoms with Crippen molar-refractivity contribution in [3.63, 3.8) is 0 Å². The molecule has 0 nitrogen and oxygen atoms in total. The van der Waals surface area contributed by atoms with Gasteiger partial charge in [0.25, 0.3) is 0 Å². The van der Waals surface area contributed by atoms with Crippen molar-refractivity contribution in [2.24, 2.45) is 0 Å². The Bertz CT molecular complexity index is 220. The first-order valence-corrected chi connectivity index (χ1v) is 4.49. The third-order valence-electron chi connectivity index (χ3n) is 1.08. The zero-order valence-corrected chi connectivity index (χ0v) is 8.73. The van der Waals surface area contributed by atoms with Gasteiger partial charge in [-0.2, -0.15) is 0 Å². The van der Waals surface area contributed by atoms with Crippen molar-refractivity contribution in [1.82, 2.24) is 0 Å². The molecule has 0 radical (unpaired) electrons. The SMILES string of the molecule is Cc1ccc(Br)c(I)c1. The van der Waals surface area contributed by atoms with Crippen LogP contribution < -0.4 is 0 Å². The number of benzene rings is 1. The summed E-state index contributed by atoms with van der Waals surface area (Å²) in [4.78, 5) is 0. The lowest BCUT2D eigenvalue weighted by Gasteiger charge is -1.95. The van der Waals surface area contributed by atoms with Gasteiger partial charge in [-0.3, -0.25) is 0 Å². The number of hydrogen-bond acceptors (Lipinski definition) is 0. The second kappa shape index (κ2) is 3.01. The molecule has 0 saturated carbocycles. The van der Waals surface area contributed by atoms with Crippen LogP contribution in [0, 0.1) is 10.5 Å². The van der Waals surface area contributed by atoms with E-state index in [9.17, 15) is 0 Å². The molecule has 1 aromatic rings. The summed E-state index contributed by atoms with van der Waals surface area (Å²) in [5.74, 6) is 0. The van der Waals surface area contributed by atoms with Crippen LogP contribution in [0.3, 0.4) is 0 Å². The molecule has 2 heteroatoms. The molecule has 0 unspecified atom stereocenters. The van der Waals surface area contributed by atoms with Gasteiger partial charge in [-0.05, 0) is 57.6 Å². The Balaban J connectivity index is 3.17. The van der Waals surface area contributed by atoms with Gasteiger partial charge >= 0.3 is 0 Å². The molecule has 0 fully saturated rings. The summed E-state index contributed by atoms with van der Waals surface area (Å²) in [5.41, 5.74) is 1.31. The van der Waals surface area contributed by atoms with Gasteiger partial charge in [0, 0.05) is 8.04 Å². The standard InChI is InChI=1S/C7H6BrI/c1-5-2-3-6(8)7(9)4-5/h2-4H,1H3. The van der Waals surface area contributed by atoms with Crippen molar-refractivity contribution in [3.05, 3.63) is 31.8 Å². The van der Waals surface area contributed by atoms with E-state index in [4.69, 9.17) is 0 Å². The minimum atomic E-state index is 1.17. The summed E-state index contributed by atoms with van der Waals surface area (Å²) >= 11 is 5.72. The lowest BCUT2D eigenvalue weighted by molar-refractivity contribution is 1.43. The lowest BCUT2D eigenvalue weighted by Crippen LogP contribution is -1.75. The molecule has 1 aromatic carbocycles. The average molecular weight is 297 g/mol. The number of rotatable bonds is 0. The van der Waals surface area contributed by atoms with Gasteiger partial charge in [-0.15, -0.1) is 0 Å². The maximum atomic E-state index is 3.42. The highest BCUT2D eigenvalue weighted by Crippen LogP contribution is 2.19. The second-order valence-corrected chi connectivity index (χ2v) is 3.93. The predicted molar refractivity (Wildman–Crippen MR) is 51.6 cm³/mol. The Morgan fingerprint density at radius 2 is 2.11 bits per heavy atom. The maximum absolute atomic E-state index is 3.42. The molecule has 48 valence electrons. The number of hydrogen-bond donors (Lipinski definition) is 0. The first-order valence-electron chi connectivity index (χ1n) is 2.62. The van der Waals surface area contributed by atoms with Crippen molar-refractivity contribution >= 4 is 38.5 Å². The van der Waals surface area contributed by atoms with Crippen LogP contribution in [-0.4, -0.2) is 0 Å². The second-order valence-electron chi connectivity index (χ2n) is 1.92. The first kappa shape index (κ1) is 7.54. The molecule has 9 heavy (non-hydrogen) atoms. The van der Waals surface area contributed by atoms with Crippen LogP contribution in [0.25, 0.3) is 0 Å². The van der Waals surface area contributed by atoms with Gasteiger partial charge in [0.05, 0.1) is 0 Å². The van der Waals surface area contributed by atoms with E-state index < -0.39 is 0 Å². The fourth-order valence-electron chi connectivity index (χ4n) is 0.601. The number of aryl methyl sites for hydroxylation is 1. The zero-order valence-electron chi connectivity index (χ0n) is 4.99. The molecule has 0 atom stereocenters. The quantitative estimate of drug-likeness (QED) is 0.644. The average Bonchev–Trinajstić information content (AvgIpc) is 1.80. The number of halogens is 2. The van der Waals surface area contributed by atoms with E-state index in [0.717, 1.165) is 0 Å². The zero-order chi connectivity index (χ0) is 6.85. The topological polar surface area (TPSA) is 0 Å². The van der Waals surface area contributed by atoms with Crippen molar-refractivity contribution in [2.45, 2.75) is 6.92 Å². The highest BCUT2D eigenvalue weighted by molar-refractivity contribution is 14.1. The summed E-state index contributed by atoms with van der Waals surface area (Å²) in [6, 6.07) is 6.30. The summed E-state index contributed by atoms with van der Waals surface area (Å²) in [6.07, 6.45) is 0. The Morgan fingerprint density at radius 3 is 2.56 bits per heavy atom. The van der Waals surface area contributed by atoms with Gasteiger partial charge in [0.15, 0.2) is 0 Å². The largest absolute Gasteiger partial charge is 0.0581 e. The van der Waals surface area contributed by atoms with E-state index in [2.05, 4.69) is 63.6 Å². The molecule has 0 bridgehead atoms. The maximum Gasteiger partial charge on any atom is 0.0309 e. The Morgan fingerprint density at radius 1 is 1.44 bits per heavy atom. The molecule has 0 saturated heterocycles. The minimum absolute atomic E-state index is 1.17. The van der Waals surface area contributed by atoms with Crippen LogP contribution in [0.4, 0.5) is 0 Å². The van der Waals surface area contributed by atoms with Crippen molar-refractivity contribution in [3.8, 4) is 0 Å². The van der Waals surface area contributed by atoms with Crippen LogP contribution >= 0.6 is 38.5 Å². The fourth-order valence-corrected chi connectivity index (χ4v) is 1.52. The molecule has 0 aliphatic rings. The van der Waals surface area contributed by atoms with Crippen LogP contribution in [0.15, 0.2) is 22.7 Å². The molecule has 0 spiro atoms. The van der Waals surface area contributed by atoms with Gasteiger partial charge in [0.2, 0.25) is 0 Å². The smallest absolute Gasteiger partial charge is 0.0309 e. The molecule has 0 aromatic heterocycles. The van der Waals surface area contributed by atoms with Gasteiger partial charge in [-0.1, -0.05) is 11.6 Å². The van der Waals surface area contributed by atoms with E-state index in [-0.39, 0.29) is 0 Å². The normalized spacial score (nSPS) is 9.67. The highest BCUT2D eigenvalue weighted by Gasteiger charge is 1.92. The minimum Gasteiger partial charge on any atom is -0.0581 e. The Labute approximate surface area is 76.9 Å². The summed E-state index contributed by atoms with van der Waals surface area (Å²) in [6.45, 7) is 2.09. The van der Waals surface area contributed by atoms with Crippen LogP contribution in [0.2, 0.25) is 0 Å². The molecule has 0 amide bonds. The highest BCUT2D eigenvalue weighted by atomic mass is 127. The molecule has 0 aliphatic heterocycles. The van der Waals surface area contributed by atoms with Crippen LogP contribution in [-0.2, 0) is 0 Å². The van der Waals surface area contributed by atoms with E-state index in [1.54, 1.807) is 0 Å². The van der Waals surface area contributed by atoms with E-state index >= 15 is 0 Å². The lowest BCUT2D eigenvalue weighted by atomic mass is 10.2. The van der Waals surface area contributed by atoms with Gasteiger partial charge in [0.1, 0.15) is 0 Å². The first-order chi connectivity index (χ1) is 4.20. The van der Waals surface area contributed by atoms with Gasteiger partial charge < -0.3 is 0 Å². The summed E-state index contributed by atoms with van der Waals surface area (Å²) < 4.78 is 2.45. The molecule has 0 N–H and O–H groups in total. The van der Waals surface area contributed by atoms with Crippen LogP contribution in [0.5, 0.6) is 0 Å². The fraction of sp³-hybridized carbons (Fsp3) is 0.143. The molecular weight excluding hydrogens is 291 g/mol. The van der Waals surface area contributed by atoms with Gasteiger partial charge in [-0.25, -0.2) is 0 Å². The van der Waals surface area contributed by atoms with Crippen molar-refractivity contribution in [2.75, 3.05) is 0 Å². The molecular formula is C7H6BrI. The summed E-state index contributed by atoms with van der Waals surface area (Å²) in [7, 11) is 0. The third-order valence-corrected chi connectivity index (χ3v) is 3.40. The third kappa shape index (κ3) is 1.93. The van der Waals surface area contributed by atoms with E-state index in [1.807, 2.05) is 0 Å². The molecule has 0 heterocycles. The monoisotopic (exact) mass is 296 g/mol.